The Hall–Kier alpha value is -1.75. The van der Waals surface area contributed by atoms with Crippen molar-refractivity contribution in [3.05, 3.63) is 24.3 Å². The molecule has 22 heavy (non-hydrogen) atoms. The molecule has 0 saturated carbocycles. The molecule has 2 rings (SSSR count). The van der Waals surface area contributed by atoms with E-state index in [4.69, 9.17) is 9.47 Å². The van der Waals surface area contributed by atoms with Crippen molar-refractivity contribution in [2.45, 2.75) is 32.2 Å². The molecular formula is C17H26N2O3. The molecule has 0 spiro atoms. The van der Waals surface area contributed by atoms with Gasteiger partial charge in [0.05, 0.1) is 6.61 Å². The second-order valence-electron chi connectivity index (χ2n) is 5.55. The van der Waals surface area contributed by atoms with E-state index in [-0.39, 0.29) is 12.5 Å². The molecular weight excluding hydrogens is 280 g/mol. The Kier molecular flexibility index (Phi) is 6.52. The van der Waals surface area contributed by atoms with E-state index in [0.29, 0.717) is 18.4 Å². The van der Waals surface area contributed by atoms with Crippen molar-refractivity contribution >= 4 is 5.91 Å². The molecule has 0 radical (unpaired) electrons. The summed E-state index contributed by atoms with van der Waals surface area (Å²) in [6.45, 7) is 4.55. The number of nitrogens with one attached hydrogen (secondary N) is 1. The summed E-state index contributed by atoms with van der Waals surface area (Å²) >= 11 is 0. The summed E-state index contributed by atoms with van der Waals surface area (Å²) in [5.41, 5.74) is 0. The molecule has 0 aliphatic carbocycles. The molecule has 1 unspecified atom stereocenters. The van der Waals surface area contributed by atoms with E-state index in [1.807, 2.05) is 36.2 Å². The van der Waals surface area contributed by atoms with E-state index in [1.165, 1.54) is 0 Å². The Bertz CT molecular complexity index is 461. The van der Waals surface area contributed by atoms with Crippen molar-refractivity contribution in [2.75, 3.05) is 33.4 Å². The van der Waals surface area contributed by atoms with Crippen LogP contribution in [0.15, 0.2) is 24.3 Å². The molecule has 1 atom stereocenters. The van der Waals surface area contributed by atoms with Gasteiger partial charge in [-0.3, -0.25) is 4.79 Å². The molecule has 0 bridgehead atoms. The standard InChI is InChI=1S/C17H26N2O3/c1-3-11-21-15-6-8-16(9-7-15)22-13-17(20)19-10-4-5-14(19)12-18-2/h6-9,14,18H,3-5,10-13H2,1-2H3. The highest BCUT2D eigenvalue weighted by molar-refractivity contribution is 5.78. The molecule has 122 valence electrons. The molecule has 1 fully saturated rings. The second-order valence-corrected chi connectivity index (χ2v) is 5.55. The van der Waals surface area contributed by atoms with Crippen LogP contribution in [0.4, 0.5) is 0 Å². The second kappa shape index (κ2) is 8.63. The normalized spacial score (nSPS) is 17.5. The Morgan fingerprint density at radius 3 is 2.59 bits per heavy atom. The largest absolute Gasteiger partial charge is 0.494 e. The van der Waals surface area contributed by atoms with Gasteiger partial charge in [-0.2, -0.15) is 0 Å². The first-order valence-electron chi connectivity index (χ1n) is 8.04. The summed E-state index contributed by atoms with van der Waals surface area (Å²) in [5, 5.41) is 3.14. The van der Waals surface area contributed by atoms with E-state index in [9.17, 15) is 4.79 Å². The number of benzene rings is 1. The predicted octanol–water partition coefficient (Wildman–Crippen LogP) is 2.06. The van der Waals surface area contributed by atoms with Crippen LogP contribution in [0, 0.1) is 0 Å². The third-order valence-corrected chi connectivity index (χ3v) is 3.80. The molecule has 1 amide bonds. The topological polar surface area (TPSA) is 50.8 Å². The highest BCUT2D eigenvalue weighted by atomic mass is 16.5. The number of hydrogen-bond acceptors (Lipinski definition) is 4. The predicted molar refractivity (Wildman–Crippen MR) is 86.4 cm³/mol. The summed E-state index contributed by atoms with van der Waals surface area (Å²) in [7, 11) is 1.92. The zero-order valence-electron chi connectivity index (χ0n) is 13.5. The Balaban J connectivity index is 1.80. The smallest absolute Gasteiger partial charge is 0.260 e. The lowest BCUT2D eigenvalue weighted by molar-refractivity contribution is -0.134. The number of amides is 1. The monoisotopic (exact) mass is 306 g/mol. The number of carbonyl (C=O) groups is 1. The fourth-order valence-corrected chi connectivity index (χ4v) is 2.69. The van der Waals surface area contributed by atoms with Crippen LogP contribution in [0.25, 0.3) is 0 Å². The Morgan fingerprint density at radius 2 is 1.95 bits per heavy atom. The van der Waals surface area contributed by atoms with Crippen LogP contribution in [0.2, 0.25) is 0 Å². The average Bonchev–Trinajstić information content (AvgIpc) is 3.00. The first kappa shape index (κ1) is 16.6. The summed E-state index contributed by atoms with van der Waals surface area (Å²) in [6.07, 6.45) is 3.12. The first-order chi connectivity index (χ1) is 10.7. The summed E-state index contributed by atoms with van der Waals surface area (Å²) < 4.78 is 11.1. The fraction of sp³-hybridized carbons (Fsp3) is 0.588. The van der Waals surface area contributed by atoms with Crippen LogP contribution < -0.4 is 14.8 Å². The summed E-state index contributed by atoms with van der Waals surface area (Å²) in [5.74, 6) is 1.58. The van der Waals surface area contributed by atoms with Gasteiger partial charge in [0.15, 0.2) is 6.61 Å². The maximum Gasteiger partial charge on any atom is 0.260 e. The van der Waals surface area contributed by atoms with Crippen LogP contribution in [0.1, 0.15) is 26.2 Å². The zero-order chi connectivity index (χ0) is 15.8. The molecule has 1 N–H and O–H groups in total. The van der Waals surface area contributed by atoms with Crippen LogP contribution >= 0.6 is 0 Å². The Labute approximate surface area is 132 Å². The molecule has 1 aromatic carbocycles. The van der Waals surface area contributed by atoms with Gasteiger partial charge in [0.25, 0.3) is 5.91 Å². The lowest BCUT2D eigenvalue weighted by atomic mass is 10.2. The molecule has 1 heterocycles. The van der Waals surface area contributed by atoms with Crippen LogP contribution in [-0.4, -0.2) is 50.2 Å². The van der Waals surface area contributed by atoms with E-state index < -0.39 is 0 Å². The van der Waals surface area contributed by atoms with Gasteiger partial charge in [-0.05, 0) is 50.6 Å². The van der Waals surface area contributed by atoms with Gasteiger partial charge in [-0.15, -0.1) is 0 Å². The minimum absolute atomic E-state index is 0.0593. The minimum atomic E-state index is 0.0593. The van der Waals surface area contributed by atoms with E-state index >= 15 is 0 Å². The highest BCUT2D eigenvalue weighted by Gasteiger charge is 2.28. The van der Waals surface area contributed by atoms with Crippen molar-refractivity contribution in [3.8, 4) is 11.5 Å². The third-order valence-electron chi connectivity index (χ3n) is 3.80. The molecule has 1 aliphatic rings. The molecule has 1 aromatic rings. The SMILES string of the molecule is CCCOc1ccc(OCC(=O)N2CCCC2CNC)cc1. The number of nitrogens with zero attached hydrogens (tertiary/aromatic N) is 1. The maximum atomic E-state index is 12.3. The van der Waals surface area contributed by atoms with Crippen molar-refractivity contribution in [3.63, 3.8) is 0 Å². The summed E-state index contributed by atoms with van der Waals surface area (Å²) in [6, 6.07) is 7.72. The first-order valence-corrected chi connectivity index (χ1v) is 8.04. The quantitative estimate of drug-likeness (QED) is 0.799. The molecule has 1 saturated heterocycles. The average molecular weight is 306 g/mol. The van der Waals surface area contributed by atoms with Gasteiger partial charge >= 0.3 is 0 Å². The van der Waals surface area contributed by atoms with E-state index in [2.05, 4.69) is 12.2 Å². The highest BCUT2D eigenvalue weighted by Crippen LogP contribution is 2.19. The lowest BCUT2D eigenvalue weighted by Crippen LogP contribution is -2.43. The van der Waals surface area contributed by atoms with Crippen LogP contribution in [-0.2, 0) is 4.79 Å². The van der Waals surface area contributed by atoms with Crippen molar-refractivity contribution in [1.29, 1.82) is 0 Å². The Morgan fingerprint density at radius 1 is 1.27 bits per heavy atom. The van der Waals surface area contributed by atoms with E-state index in [1.54, 1.807) is 0 Å². The van der Waals surface area contributed by atoms with Crippen molar-refractivity contribution in [2.24, 2.45) is 0 Å². The van der Waals surface area contributed by atoms with E-state index in [0.717, 1.165) is 38.1 Å². The third kappa shape index (κ3) is 4.63. The maximum absolute atomic E-state index is 12.3. The zero-order valence-corrected chi connectivity index (χ0v) is 13.5. The van der Waals surface area contributed by atoms with Crippen molar-refractivity contribution in [1.82, 2.24) is 10.2 Å². The number of ether oxygens (including phenoxy) is 2. The molecule has 5 heteroatoms. The fourth-order valence-electron chi connectivity index (χ4n) is 2.69. The van der Waals surface area contributed by atoms with Gasteiger partial charge in [0.2, 0.25) is 0 Å². The van der Waals surface area contributed by atoms with Gasteiger partial charge in [-0.1, -0.05) is 6.92 Å². The molecule has 5 nitrogen and oxygen atoms in total. The molecule has 1 aliphatic heterocycles. The number of hydrogen-bond donors (Lipinski definition) is 1. The number of likely N-dealkylation sites (N-methyl/N-ethyl adjacent to an activating group) is 1. The molecule has 0 aromatic heterocycles. The van der Waals surface area contributed by atoms with Gasteiger partial charge in [0.1, 0.15) is 11.5 Å². The number of rotatable bonds is 8. The van der Waals surface area contributed by atoms with Gasteiger partial charge in [-0.25, -0.2) is 0 Å². The van der Waals surface area contributed by atoms with Crippen LogP contribution in [0.5, 0.6) is 11.5 Å². The van der Waals surface area contributed by atoms with Gasteiger partial charge in [0, 0.05) is 19.1 Å². The number of carbonyl (C=O) groups excluding carboxylic acids is 1. The summed E-state index contributed by atoms with van der Waals surface area (Å²) in [4.78, 5) is 14.2. The van der Waals surface area contributed by atoms with Crippen LogP contribution in [0.3, 0.4) is 0 Å². The minimum Gasteiger partial charge on any atom is -0.494 e. The van der Waals surface area contributed by atoms with Crippen molar-refractivity contribution < 1.29 is 14.3 Å². The lowest BCUT2D eigenvalue weighted by Gasteiger charge is -2.24. The number of likely N-dealkylation sites (tertiary alicyclic amines) is 1. The van der Waals surface area contributed by atoms with Gasteiger partial charge < -0.3 is 19.7 Å².